The second-order valence-electron chi connectivity index (χ2n) is 7.03. The minimum absolute atomic E-state index is 0.0352. The molecule has 0 radical (unpaired) electrons. The molecule has 7 heteroatoms. The first kappa shape index (κ1) is 21.9. The summed E-state index contributed by atoms with van der Waals surface area (Å²) in [6.07, 6.45) is 1.89. The van der Waals surface area contributed by atoms with Crippen LogP contribution in [-0.4, -0.2) is 57.4 Å². The fourth-order valence-electron chi connectivity index (χ4n) is 2.90. The van der Waals surface area contributed by atoms with Crippen molar-refractivity contribution < 1.29 is 30.0 Å². The largest absolute Gasteiger partial charge is 0.507 e. The molecule has 7 nitrogen and oxygen atoms in total. The molecule has 0 amide bonds. The first-order valence-corrected chi connectivity index (χ1v) is 9.45. The summed E-state index contributed by atoms with van der Waals surface area (Å²) < 4.78 is 5.50. The number of hydrogen-bond donors (Lipinski definition) is 5. The van der Waals surface area contributed by atoms with Gasteiger partial charge in [-0.2, -0.15) is 0 Å². The van der Waals surface area contributed by atoms with Gasteiger partial charge in [0.1, 0.15) is 29.6 Å². The Morgan fingerprint density at radius 2 is 1.89 bits per heavy atom. The maximum Gasteiger partial charge on any atom is 0.342 e. The van der Waals surface area contributed by atoms with Crippen molar-refractivity contribution in [3.05, 3.63) is 41.5 Å². The number of anilines is 1. The molecule has 1 aliphatic heterocycles. The number of aliphatic hydroxyl groups excluding tert-OH is 3. The standard InChI is InChI=1S/C21H29NO6/c1-4-22-15-10-14-6-5-7-16(23)20(26)17(24)9-8-12(2)13(3)28-21(27)19(14)18(25)11-15/h5-6,8-13,16-17,20,22-26H,4,7H2,1-3H3. The van der Waals surface area contributed by atoms with Crippen LogP contribution in [0.25, 0.3) is 6.08 Å². The third kappa shape index (κ3) is 5.34. The van der Waals surface area contributed by atoms with Gasteiger partial charge in [0.05, 0.1) is 6.10 Å². The molecule has 1 heterocycles. The highest BCUT2D eigenvalue weighted by molar-refractivity contribution is 5.97. The van der Waals surface area contributed by atoms with Crippen LogP contribution in [0.2, 0.25) is 0 Å². The van der Waals surface area contributed by atoms with Crippen LogP contribution in [0.1, 0.15) is 43.1 Å². The normalized spacial score (nSPS) is 28.9. The maximum absolute atomic E-state index is 12.7. The minimum atomic E-state index is -1.35. The Morgan fingerprint density at radius 1 is 1.18 bits per heavy atom. The van der Waals surface area contributed by atoms with E-state index in [2.05, 4.69) is 5.32 Å². The lowest BCUT2D eigenvalue weighted by atomic mass is 9.99. The molecule has 0 spiro atoms. The number of phenols is 1. The number of hydrogen-bond acceptors (Lipinski definition) is 7. The quantitative estimate of drug-likeness (QED) is 0.387. The number of aromatic hydroxyl groups is 1. The summed E-state index contributed by atoms with van der Waals surface area (Å²) in [7, 11) is 0. The van der Waals surface area contributed by atoms with Gasteiger partial charge in [-0.3, -0.25) is 0 Å². The van der Waals surface area contributed by atoms with E-state index in [4.69, 9.17) is 4.74 Å². The Bertz CT molecular complexity index is 745. The third-order valence-corrected chi connectivity index (χ3v) is 4.80. The number of cyclic esters (lactones) is 1. The van der Waals surface area contributed by atoms with Crippen LogP contribution in [0, 0.1) is 5.92 Å². The van der Waals surface area contributed by atoms with E-state index in [-0.39, 0.29) is 23.7 Å². The molecule has 5 atom stereocenters. The van der Waals surface area contributed by atoms with Gasteiger partial charge in [-0.05, 0) is 31.9 Å². The number of aliphatic hydroxyl groups is 3. The summed E-state index contributed by atoms with van der Waals surface area (Å²) in [6, 6.07) is 3.16. The van der Waals surface area contributed by atoms with Crippen molar-refractivity contribution in [2.45, 2.75) is 51.6 Å². The first-order valence-electron chi connectivity index (χ1n) is 9.45. The molecule has 1 aromatic carbocycles. The Labute approximate surface area is 165 Å². The van der Waals surface area contributed by atoms with E-state index in [1.807, 2.05) is 6.92 Å². The molecule has 0 aliphatic carbocycles. The molecule has 154 valence electrons. The van der Waals surface area contributed by atoms with Gasteiger partial charge in [0.2, 0.25) is 0 Å². The zero-order valence-corrected chi connectivity index (χ0v) is 16.4. The van der Waals surface area contributed by atoms with Crippen LogP contribution in [0.5, 0.6) is 5.75 Å². The molecule has 0 saturated carbocycles. The predicted octanol–water partition coefficient (Wildman–Crippen LogP) is 2.06. The van der Waals surface area contributed by atoms with Gasteiger partial charge in [0, 0.05) is 24.2 Å². The average Bonchev–Trinajstić information content (AvgIpc) is 2.64. The zero-order valence-electron chi connectivity index (χ0n) is 16.4. The van der Waals surface area contributed by atoms with Crippen molar-refractivity contribution in [1.82, 2.24) is 0 Å². The fraction of sp³-hybridized carbons (Fsp3) is 0.476. The molecule has 1 aromatic rings. The van der Waals surface area contributed by atoms with Crippen molar-refractivity contribution in [3.8, 4) is 5.75 Å². The summed E-state index contributed by atoms with van der Waals surface area (Å²) in [5, 5.41) is 43.7. The average molecular weight is 391 g/mol. The minimum Gasteiger partial charge on any atom is -0.507 e. The highest BCUT2D eigenvalue weighted by Gasteiger charge is 2.25. The molecule has 0 bridgehead atoms. The summed E-state index contributed by atoms with van der Waals surface area (Å²) in [5.41, 5.74) is 1.10. The van der Waals surface area contributed by atoms with Gasteiger partial charge < -0.3 is 30.5 Å². The smallest absolute Gasteiger partial charge is 0.342 e. The highest BCUT2D eigenvalue weighted by atomic mass is 16.5. The van der Waals surface area contributed by atoms with Crippen LogP contribution in [0.4, 0.5) is 5.69 Å². The van der Waals surface area contributed by atoms with Crippen molar-refractivity contribution in [2.75, 3.05) is 11.9 Å². The Kier molecular flexibility index (Phi) is 7.62. The van der Waals surface area contributed by atoms with Gasteiger partial charge in [-0.1, -0.05) is 31.2 Å². The summed E-state index contributed by atoms with van der Waals surface area (Å²) in [4.78, 5) is 12.7. The van der Waals surface area contributed by atoms with Crippen LogP contribution < -0.4 is 5.32 Å². The number of ether oxygens (including phenoxy) is 1. The lowest BCUT2D eigenvalue weighted by Gasteiger charge is -2.22. The topological polar surface area (TPSA) is 119 Å². The maximum atomic E-state index is 12.7. The van der Waals surface area contributed by atoms with Crippen LogP contribution >= 0.6 is 0 Å². The van der Waals surface area contributed by atoms with Crippen molar-refractivity contribution >= 4 is 17.7 Å². The molecular weight excluding hydrogens is 362 g/mol. The van der Waals surface area contributed by atoms with E-state index in [1.54, 1.807) is 38.1 Å². The summed E-state index contributed by atoms with van der Waals surface area (Å²) in [5.74, 6) is -1.12. The van der Waals surface area contributed by atoms with E-state index in [0.29, 0.717) is 17.8 Å². The predicted molar refractivity (Wildman–Crippen MR) is 107 cm³/mol. The molecule has 28 heavy (non-hydrogen) atoms. The molecule has 5 unspecified atom stereocenters. The zero-order chi connectivity index (χ0) is 20.8. The highest BCUT2D eigenvalue weighted by Crippen LogP contribution is 2.30. The van der Waals surface area contributed by atoms with Crippen LogP contribution in [-0.2, 0) is 4.74 Å². The van der Waals surface area contributed by atoms with Crippen LogP contribution in [0.3, 0.4) is 0 Å². The van der Waals surface area contributed by atoms with Gasteiger partial charge in [-0.25, -0.2) is 4.79 Å². The van der Waals surface area contributed by atoms with Gasteiger partial charge in [0.15, 0.2) is 0 Å². The number of carbonyl (C=O) groups excluding carboxylic acids is 1. The first-order chi connectivity index (χ1) is 13.2. The Morgan fingerprint density at radius 3 is 2.57 bits per heavy atom. The number of rotatable bonds is 2. The molecule has 2 rings (SSSR count). The van der Waals surface area contributed by atoms with Crippen LogP contribution in [0.15, 0.2) is 30.4 Å². The number of fused-ring (bicyclic) bond motifs is 1. The van der Waals surface area contributed by atoms with Gasteiger partial charge in [0.25, 0.3) is 0 Å². The SMILES string of the molecule is CCNc1cc(O)c2c(c1)C=CCC(O)C(O)C(O)C=CC(C)C(C)OC2=O. The van der Waals surface area contributed by atoms with Crippen molar-refractivity contribution in [3.63, 3.8) is 0 Å². The monoisotopic (exact) mass is 391 g/mol. The van der Waals surface area contributed by atoms with Gasteiger partial charge >= 0.3 is 5.97 Å². The third-order valence-electron chi connectivity index (χ3n) is 4.80. The molecule has 0 fully saturated rings. The molecule has 0 saturated heterocycles. The Hall–Kier alpha value is -2.35. The van der Waals surface area contributed by atoms with E-state index in [9.17, 15) is 25.2 Å². The van der Waals surface area contributed by atoms with E-state index in [0.717, 1.165) is 0 Å². The number of phenolic OH excluding ortho intramolecular Hbond substituents is 1. The second-order valence-corrected chi connectivity index (χ2v) is 7.03. The molecule has 1 aliphatic rings. The van der Waals surface area contributed by atoms with E-state index >= 15 is 0 Å². The van der Waals surface area contributed by atoms with Crippen molar-refractivity contribution in [2.24, 2.45) is 5.92 Å². The lowest BCUT2D eigenvalue weighted by molar-refractivity contribution is -0.0395. The Balaban J connectivity index is 2.48. The second kappa shape index (κ2) is 9.73. The molecule has 5 N–H and O–H groups in total. The van der Waals surface area contributed by atoms with E-state index < -0.39 is 30.4 Å². The van der Waals surface area contributed by atoms with Gasteiger partial charge in [-0.15, -0.1) is 0 Å². The number of esters is 1. The summed E-state index contributed by atoms with van der Waals surface area (Å²) in [6.45, 7) is 6.05. The number of carbonyl (C=O) groups is 1. The molecular formula is C21H29NO6. The summed E-state index contributed by atoms with van der Waals surface area (Å²) >= 11 is 0. The molecule has 0 aromatic heterocycles. The van der Waals surface area contributed by atoms with E-state index in [1.165, 1.54) is 12.1 Å². The number of nitrogens with one attached hydrogen (secondary N) is 1. The number of benzene rings is 1. The van der Waals surface area contributed by atoms with Crippen molar-refractivity contribution in [1.29, 1.82) is 0 Å². The fourth-order valence-corrected chi connectivity index (χ4v) is 2.90. The lowest BCUT2D eigenvalue weighted by Crippen LogP contribution is -2.36.